The van der Waals surface area contributed by atoms with Crippen molar-refractivity contribution in [3.8, 4) is 0 Å². The molecule has 3 nitrogen and oxygen atoms in total. The van der Waals surface area contributed by atoms with Gasteiger partial charge in [-0.15, -0.1) is 0 Å². The summed E-state index contributed by atoms with van der Waals surface area (Å²) < 4.78 is 5.94. The third-order valence-corrected chi connectivity index (χ3v) is 4.50. The molecule has 3 rings (SSSR count). The van der Waals surface area contributed by atoms with E-state index in [2.05, 4.69) is 4.90 Å². The number of hydrogen-bond donors (Lipinski definition) is 1. The fourth-order valence-corrected chi connectivity index (χ4v) is 3.12. The average molecular weight is 224 g/mol. The first-order chi connectivity index (χ1) is 7.83. The zero-order chi connectivity index (χ0) is 11.0. The van der Waals surface area contributed by atoms with E-state index in [0.29, 0.717) is 12.1 Å². The lowest BCUT2D eigenvalue weighted by Crippen LogP contribution is -2.52. The maximum atomic E-state index is 6.26. The lowest BCUT2D eigenvalue weighted by Gasteiger charge is -2.37. The second-order valence-corrected chi connectivity index (χ2v) is 5.85. The normalized spacial score (nSPS) is 37.3. The van der Waals surface area contributed by atoms with Crippen molar-refractivity contribution in [1.29, 1.82) is 0 Å². The summed E-state index contributed by atoms with van der Waals surface area (Å²) in [5.74, 6) is 0.995. The average Bonchev–Trinajstić information content (AvgIpc) is 3.01. The Kier molecular flexibility index (Phi) is 3.18. The third kappa shape index (κ3) is 2.41. The third-order valence-electron chi connectivity index (χ3n) is 4.50. The molecule has 0 spiro atoms. The SMILES string of the molecule is NC(CCC1CC1)C1CN2CCCC2CO1. The molecule has 1 saturated carbocycles. The molecule has 92 valence electrons. The monoisotopic (exact) mass is 224 g/mol. The maximum absolute atomic E-state index is 6.26. The van der Waals surface area contributed by atoms with Gasteiger partial charge in [0.2, 0.25) is 0 Å². The van der Waals surface area contributed by atoms with E-state index in [-0.39, 0.29) is 6.04 Å². The van der Waals surface area contributed by atoms with E-state index in [4.69, 9.17) is 10.5 Å². The van der Waals surface area contributed by atoms with Gasteiger partial charge in [0.25, 0.3) is 0 Å². The Bertz CT molecular complexity index is 242. The molecule has 3 unspecified atom stereocenters. The van der Waals surface area contributed by atoms with E-state index in [1.165, 1.54) is 38.6 Å². The molecule has 16 heavy (non-hydrogen) atoms. The predicted octanol–water partition coefficient (Wildman–Crippen LogP) is 1.37. The molecule has 2 N–H and O–H groups in total. The van der Waals surface area contributed by atoms with Gasteiger partial charge >= 0.3 is 0 Å². The topological polar surface area (TPSA) is 38.5 Å². The second-order valence-electron chi connectivity index (χ2n) is 5.85. The molecule has 2 aliphatic heterocycles. The molecule has 0 bridgehead atoms. The van der Waals surface area contributed by atoms with Crippen molar-refractivity contribution in [2.24, 2.45) is 11.7 Å². The van der Waals surface area contributed by atoms with Gasteiger partial charge in [-0.1, -0.05) is 12.8 Å². The van der Waals surface area contributed by atoms with Gasteiger partial charge < -0.3 is 10.5 Å². The molecule has 2 saturated heterocycles. The highest BCUT2D eigenvalue weighted by atomic mass is 16.5. The minimum Gasteiger partial charge on any atom is -0.374 e. The maximum Gasteiger partial charge on any atom is 0.0853 e. The van der Waals surface area contributed by atoms with Crippen LogP contribution in [0.4, 0.5) is 0 Å². The number of nitrogens with two attached hydrogens (primary N) is 1. The first kappa shape index (κ1) is 11.0. The van der Waals surface area contributed by atoms with Crippen molar-refractivity contribution in [1.82, 2.24) is 4.90 Å². The molecule has 3 heteroatoms. The van der Waals surface area contributed by atoms with Crippen LogP contribution in [0.25, 0.3) is 0 Å². The molecule has 3 fully saturated rings. The van der Waals surface area contributed by atoms with Crippen molar-refractivity contribution < 1.29 is 4.74 Å². The van der Waals surface area contributed by atoms with Crippen LogP contribution in [0.5, 0.6) is 0 Å². The van der Waals surface area contributed by atoms with Crippen LogP contribution in [0.1, 0.15) is 38.5 Å². The molecule has 0 aromatic rings. The number of rotatable bonds is 4. The number of hydrogen-bond acceptors (Lipinski definition) is 3. The molecule has 3 atom stereocenters. The summed E-state index contributed by atoms with van der Waals surface area (Å²) in [6.07, 6.45) is 8.33. The smallest absolute Gasteiger partial charge is 0.0853 e. The van der Waals surface area contributed by atoms with Gasteiger partial charge in [-0.05, 0) is 38.1 Å². The second kappa shape index (κ2) is 4.63. The van der Waals surface area contributed by atoms with E-state index in [1.54, 1.807) is 0 Å². The van der Waals surface area contributed by atoms with Crippen molar-refractivity contribution in [2.75, 3.05) is 19.7 Å². The zero-order valence-electron chi connectivity index (χ0n) is 10.1. The summed E-state index contributed by atoms with van der Waals surface area (Å²) in [4.78, 5) is 2.59. The zero-order valence-corrected chi connectivity index (χ0v) is 10.1. The highest BCUT2D eigenvalue weighted by Gasteiger charge is 2.35. The first-order valence-corrected chi connectivity index (χ1v) is 6.94. The van der Waals surface area contributed by atoms with E-state index < -0.39 is 0 Å². The first-order valence-electron chi connectivity index (χ1n) is 6.94. The molecular formula is C13H24N2O. The summed E-state index contributed by atoms with van der Waals surface area (Å²) in [5, 5.41) is 0. The van der Waals surface area contributed by atoms with Crippen LogP contribution in [0.2, 0.25) is 0 Å². The van der Waals surface area contributed by atoms with E-state index in [9.17, 15) is 0 Å². The number of fused-ring (bicyclic) bond motifs is 1. The van der Waals surface area contributed by atoms with Gasteiger partial charge in [0, 0.05) is 18.6 Å². The quantitative estimate of drug-likeness (QED) is 0.784. The Morgan fingerprint density at radius 2 is 2.19 bits per heavy atom. The van der Waals surface area contributed by atoms with Crippen LogP contribution >= 0.6 is 0 Å². The fraction of sp³-hybridized carbons (Fsp3) is 1.00. The van der Waals surface area contributed by atoms with Crippen molar-refractivity contribution in [3.05, 3.63) is 0 Å². The number of ether oxygens (including phenoxy) is 1. The molecule has 0 radical (unpaired) electrons. The van der Waals surface area contributed by atoms with Crippen LogP contribution in [-0.4, -0.2) is 42.8 Å². The van der Waals surface area contributed by atoms with Crippen LogP contribution in [0.3, 0.4) is 0 Å². The molecule has 3 aliphatic rings. The molecule has 0 amide bonds. The summed E-state index contributed by atoms with van der Waals surface area (Å²) in [6.45, 7) is 3.26. The van der Waals surface area contributed by atoms with Gasteiger partial charge in [0.15, 0.2) is 0 Å². The molecule has 2 heterocycles. The lowest BCUT2D eigenvalue weighted by molar-refractivity contribution is -0.0603. The Hall–Kier alpha value is -0.120. The minimum atomic E-state index is 0.266. The summed E-state index contributed by atoms with van der Waals surface area (Å²) in [6, 6.07) is 0.967. The summed E-state index contributed by atoms with van der Waals surface area (Å²) >= 11 is 0. The molecular weight excluding hydrogens is 200 g/mol. The van der Waals surface area contributed by atoms with Crippen LogP contribution < -0.4 is 5.73 Å². The van der Waals surface area contributed by atoms with Gasteiger partial charge in [0.05, 0.1) is 12.7 Å². The number of morpholine rings is 1. The Morgan fingerprint density at radius 3 is 3.00 bits per heavy atom. The van der Waals surface area contributed by atoms with Crippen molar-refractivity contribution >= 4 is 0 Å². The Morgan fingerprint density at radius 1 is 1.31 bits per heavy atom. The summed E-state index contributed by atoms with van der Waals surface area (Å²) in [5.41, 5.74) is 6.26. The Labute approximate surface area is 98.3 Å². The summed E-state index contributed by atoms with van der Waals surface area (Å²) in [7, 11) is 0. The Balaban J connectivity index is 1.46. The lowest BCUT2D eigenvalue weighted by atomic mass is 10.0. The van der Waals surface area contributed by atoms with Gasteiger partial charge in [-0.3, -0.25) is 4.90 Å². The van der Waals surface area contributed by atoms with Gasteiger partial charge in [0.1, 0.15) is 0 Å². The van der Waals surface area contributed by atoms with Crippen molar-refractivity contribution in [3.63, 3.8) is 0 Å². The van der Waals surface area contributed by atoms with Crippen LogP contribution in [0.15, 0.2) is 0 Å². The predicted molar refractivity (Wildman–Crippen MR) is 64.3 cm³/mol. The fourth-order valence-electron chi connectivity index (χ4n) is 3.12. The molecule has 0 aromatic heterocycles. The van der Waals surface area contributed by atoms with Gasteiger partial charge in [-0.2, -0.15) is 0 Å². The van der Waals surface area contributed by atoms with E-state index >= 15 is 0 Å². The molecule has 0 aromatic carbocycles. The van der Waals surface area contributed by atoms with Crippen LogP contribution in [0, 0.1) is 5.92 Å². The highest BCUT2D eigenvalue weighted by molar-refractivity contribution is 4.89. The van der Waals surface area contributed by atoms with Gasteiger partial charge in [-0.25, -0.2) is 0 Å². The van der Waals surface area contributed by atoms with E-state index in [1.807, 2.05) is 0 Å². The standard InChI is InChI=1S/C13H24N2O/c14-12(6-5-10-3-4-10)13-8-15-7-1-2-11(15)9-16-13/h10-13H,1-9,14H2. The minimum absolute atomic E-state index is 0.266. The van der Waals surface area contributed by atoms with Crippen LogP contribution in [-0.2, 0) is 4.74 Å². The highest BCUT2D eigenvalue weighted by Crippen LogP contribution is 2.34. The van der Waals surface area contributed by atoms with E-state index in [0.717, 1.165) is 25.5 Å². The number of nitrogens with zero attached hydrogens (tertiary/aromatic N) is 1. The largest absolute Gasteiger partial charge is 0.374 e. The molecule has 1 aliphatic carbocycles. The van der Waals surface area contributed by atoms with Crippen molar-refractivity contribution in [2.45, 2.75) is 56.7 Å².